The molecule has 0 aliphatic heterocycles. The van der Waals surface area contributed by atoms with Crippen LogP contribution in [0, 0.1) is 6.92 Å². The highest BCUT2D eigenvalue weighted by atomic mass is 32.2. The van der Waals surface area contributed by atoms with Gasteiger partial charge in [-0.25, -0.2) is 8.42 Å². The van der Waals surface area contributed by atoms with Crippen molar-refractivity contribution in [1.82, 2.24) is 4.31 Å². The molecule has 0 aliphatic rings. The van der Waals surface area contributed by atoms with Gasteiger partial charge in [0.05, 0.1) is 5.75 Å². The largest absolute Gasteiger partial charge is 0.481 e. The van der Waals surface area contributed by atoms with Crippen LogP contribution in [0.15, 0.2) is 24.3 Å². The van der Waals surface area contributed by atoms with E-state index in [1.165, 1.54) is 11.4 Å². The molecule has 0 amide bonds. The Morgan fingerprint density at radius 1 is 1.30 bits per heavy atom. The van der Waals surface area contributed by atoms with E-state index in [-0.39, 0.29) is 24.6 Å². The molecule has 0 aromatic heterocycles. The number of carbonyl (C=O) groups is 1. The third-order valence-electron chi connectivity index (χ3n) is 3.34. The first-order valence-corrected chi connectivity index (χ1v) is 8.09. The Labute approximate surface area is 120 Å². The summed E-state index contributed by atoms with van der Waals surface area (Å²) in [7, 11) is -1.92. The van der Waals surface area contributed by atoms with Crippen LogP contribution in [0.5, 0.6) is 0 Å². The summed E-state index contributed by atoms with van der Waals surface area (Å²) in [4.78, 5) is 10.4. The van der Waals surface area contributed by atoms with Crippen LogP contribution < -0.4 is 0 Å². The van der Waals surface area contributed by atoms with Gasteiger partial charge in [0.25, 0.3) is 0 Å². The highest BCUT2D eigenvalue weighted by Gasteiger charge is 2.24. The van der Waals surface area contributed by atoms with Gasteiger partial charge in [-0.05, 0) is 25.8 Å². The summed E-state index contributed by atoms with van der Waals surface area (Å²) in [5.74, 6) is -1.12. The molecule has 1 aromatic rings. The summed E-state index contributed by atoms with van der Waals surface area (Å²) in [6.45, 7) is 3.79. The summed E-state index contributed by atoms with van der Waals surface area (Å²) in [5, 5.41) is 8.55. The number of sulfonamides is 1. The number of hydrogen-bond acceptors (Lipinski definition) is 3. The summed E-state index contributed by atoms with van der Waals surface area (Å²) in [5.41, 5.74) is 2.04. The first-order chi connectivity index (χ1) is 9.24. The molecule has 112 valence electrons. The second-order valence-electron chi connectivity index (χ2n) is 4.92. The molecule has 0 saturated carbocycles. The smallest absolute Gasteiger partial charge is 0.303 e. The van der Waals surface area contributed by atoms with Crippen molar-refractivity contribution in [2.75, 3.05) is 12.8 Å². The van der Waals surface area contributed by atoms with Crippen molar-refractivity contribution in [2.24, 2.45) is 0 Å². The lowest BCUT2D eigenvalue weighted by molar-refractivity contribution is -0.137. The van der Waals surface area contributed by atoms with Gasteiger partial charge >= 0.3 is 5.97 Å². The molecule has 0 bridgehead atoms. The van der Waals surface area contributed by atoms with Gasteiger partial charge in [0.15, 0.2) is 0 Å². The molecule has 6 heteroatoms. The van der Waals surface area contributed by atoms with Gasteiger partial charge in [-0.2, -0.15) is 4.31 Å². The Morgan fingerprint density at radius 2 is 1.85 bits per heavy atom. The number of aryl methyl sites for hydroxylation is 1. The average molecular weight is 299 g/mol. The van der Waals surface area contributed by atoms with E-state index in [2.05, 4.69) is 0 Å². The van der Waals surface area contributed by atoms with Crippen LogP contribution in [0.25, 0.3) is 0 Å². The van der Waals surface area contributed by atoms with E-state index in [9.17, 15) is 13.2 Å². The van der Waals surface area contributed by atoms with Crippen molar-refractivity contribution in [2.45, 2.75) is 32.7 Å². The SMILES string of the molecule is Cc1ccc(C(C)N(C)S(=O)(=O)CCCC(=O)O)cc1. The minimum Gasteiger partial charge on any atom is -0.481 e. The Hall–Kier alpha value is -1.40. The molecule has 1 atom stereocenters. The molecule has 0 radical (unpaired) electrons. The highest BCUT2D eigenvalue weighted by Crippen LogP contribution is 2.22. The number of carboxylic acid groups (broad SMARTS) is 1. The molecule has 5 nitrogen and oxygen atoms in total. The van der Waals surface area contributed by atoms with Gasteiger partial charge in [-0.15, -0.1) is 0 Å². The molecule has 0 heterocycles. The topological polar surface area (TPSA) is 74.7 Å². The fourth-order valence-corrected chi connectivity index (χ4v) is 3.25. The monoisotopic (exact) mass is 299 g/mol. The van der Waals surface area contributed by atoms with E-state index < -0.39 is 16.0 Å². The molecule has 1 unspecified atom stereocenters. The zero-order chi connectivity index (χ0) is 15.3. The highest BCUT2D eigenvalue weighted by molar-refractivity contribution is 7.89. The van der Waals surface area contributed by atoms with Gasteiger partial charge < -0.3 is 5.11 Å². The zero-order valence-electron chi connectivity index (χ0n) is 12.0. The Kier molecular flexibility index (Phi) is 5.71. The van der Waals surface area contributed by atoms with Gasteiger partial charge in [-0.1, -0.05) is 29.8 Å². The second-order valence-corrected chi connectivity index (χ2v) is 7.06. The molecular formula is C14H21NO4S. The Morgan fingerprint density at radius 3 is 2.35 bits per heavy atom. The lowest BCUT2D eigenvalue weighted by atomic mass is 10.1. The number of nitrogens with zero attached hydrogens (tertiary/aromatic N) is 1. The predicted molar refractivity (Wildman–Crippen MR) is 78.0 cm³/mol. The van der Waals surface area contributed by atoms with Crippen molar-refractivity contribution in [3.63, 3.8) is 0 Å². The summed E-state index contributed by atoms with van der Waals surface area (Å²) in [6.07, 6.45) is -0.00535. The molecular weight excluding hydrogens is 278 g/mol. The van der Waals surface area contributed by atoms with E-state index in [1.54, 1.807) is 0 Å². The third kappa shape index (κ3) is 4.61. The fourth-order valence-electron chi connectivity index (χ4n) is 1.85. The fraction of sp³-hybridized carbons (Fsp3) is 0.500. The molecule has 0 saturated heterocycles. The van der Waals surface area contributed by atoms with Crippen molar-refractivity contribution < 1.29 is 18.3 Å². The normalized spacial score (nSPS) is 13.4. The summed E-state index contributed by atoms with van der Waals surface area (Å²) >= 11 is 0. The van der Waals surface area contributed by atoms with Crippen LogP contribution in [0.2, 0.25) is 0 Å². The third-order valence-corrected chi connectivity index (χ3v) is 5.34. The van der Waals surface area contributed by atoms with Gasteiger partial charge in [0.2, 0.25) is 10.0 Å². The van der Waals surface area contributed by atoms with Crippen molar-refractivity contribution in [3.05, 3.63) is 35.4 Å². The van der Waals surface area contributed by atoms with E-state index in [1.807, 2.05) is 38.1 Å². The second kappa shape index (κ2) is 6.85. The standard InChI is InChI=1S/C14H21NO4S/c1-11-6-8-13(9-7-11)12(2)15(3)20(18,19)10-4-5-14(16)17/h6-9,12H,4-5,10H2,1-3H3,(H,16,17). The van der Waals surface area contributed by atoms with Crippen molar-refractivity contribution in [1.29, 1.82) is 0 Å². The van der Waals surface area contributed by atoms with E-state index >= 15 is 0 Å². The molecule has 20 heavy (non-hydrogen) atoms. The molecule has 0 spiro atoms. The lowest BCUT2D eigenvalue weighted by Gasteiger charge is -2.24. The molecule has 0 aliphatic carbocycles. The quantitative estimate of drug-likeness (QED) is 0.837. The van der Waals surface area contributed by atoms with Crippen LogP contribution in [0.4, 0.5) is 0 Å². The summed E-state index contributed by atoms with van der Waals surface area (Å²) < 4.78 is 25.6. The predicted octanol–water partition coefficient (Wildman–Crippen LogP) is 2.18. The Bertz CT molecular complexity index is 551. The van der Waals surface area contributed by atoms with Gasteiger partial charge in [0, 0.05) is 19.5 Å². The molecule has 1 N–H and O–H groups in total. The van der Waals surface area contributed by atoms with Crippen molar-refractivity contribution >= 4 is 16.0 Å². The van der Waals surface area contributed by atoms with Gasteiger partial charge in [0.1, 0.15) is 0 Å². The minimum atomic E-state index is -3.44. The summed E-state index contributed by atoms with van der Waals surface area (Å²) in [6, 6.07) is 7.42. The Balaban J connectivity index is 2.74. The number of carboxylic acids is 1. The number of benzene rings is 1. The zero-order valence-corrected chi connectivity index (χ0v) is 12.9. The number of hydrogen-bond donors (Lipinski definition) is 1. The van der Waals surface area contributed by atoms with E-state index in [4.69, 9.17) is 5.11 Å². The van der Waals surface area contributed by atoms with Crippen LogP contribution >= 0.6 is 0 Å². The average Bonchev–Trinajstić information content (AvgIpc) is 2.37. The molecule has 0 fully saturated rings. The first kappa shape index (κ1) is 16.7. The van der Waals surface area contributed by atoms with E-state index in [0.717, 1.165) is 11.1 Å². The van der Waals surface area contributed by atoms with Crippen molar-refractivity contribution in [3.8, 4) is 0 Å². The maximum Gasteiger partial charge on any atom is 0.303 e. The number of rotatable bonds is 7. The molecule has 1 aromatic carbocycles. The van der Waals surface area contributed by atoms with Crippen LogP contribution in [0.3, 0.4) is 0 Å². The maximum absolute atomic E-state index is 12.1. The lowest BCUT2D eigenvalue weighted by Crippen LogP contribution is -2.32. The minimum absolute atomic E-state index is 0.128. The van der Waals surface area contributed by atoms with Gasteiger partial charge in [-0.3, -0.25) is 4.79 Å². The van der Waals surface area contributed by atoms with E-state index in [0.29, 0.717) is 0 Å². The first-order valence-electron chi connectivity index (χ1n) is 6.48. The van der Waals surface area contributed by atoms with Crippen LogP contribution in [-0.4, -0.2) is 36.6 Å². The maximum atomic E-state index is 12.1. The molecule has 1 rings (SSSR count). The van der Waals surface area contributed by atoms with Crippen LogP contribution in [0.1, 0.15) is 36.9 Å². The van der Waals surface area contributed by atoms with Crippen LogP contribution in [-0.2, 0) is 14.8 Å². The number of aliphatic carboxylic acids is 1.